The number of aromatic nitrogens is 2. The average Bonchev–Trinajstić information content (AvgIpc) is 2.99. The van der Waals surface area contributed by atoms with E-state index in [1.165, 1.54) is 0 Å². The van der Waals surface area contributed by atoms with E-state index in [-0.39, 0.29) is 10.9 Å². The van der Waals surface area contributed by atoms with Crippen LogP contribution in [0, 0.1) is 0 Å². The van der Waals surface area contributed by atoms with Crippen molar-refractivity contribution in [2.45, 2.75) is 12.7 Å². The molecule has 0 spiro atoms. The molecule has 0 aliphatic rings. The number of halogens is 3. The van der Waals surface area contributed by atoms with Crippen molar-refractivity contribution < 1.29 is 32.9 Å². The molecule has 0 N–H and O–H groups in total. The van der Waals surface area contributed by atoms with E-state index in [2.05, 4.69) is 24.5 Å². The molecule has 24 heavy (non-hydrogen) atoms. The van der Waals surface area contributed by atoms with Gasteiger partial charge in [0.25, 0.3) is 0 Å². The minimum Gasteiger partial charge on any atom is -0.468 e. The number of pyridine rings is 1. The van der Waals surface area contributed by atoms with Gasteiger partial charge in [-0.1, -0.05) is 5.11 Å². The lowest BCUT2D eigenvalue weighted by molar-refractivity contribution is -0.153. The molecule has 0 radical (unpaired) electrons. The van der Waals surface area contributed by atoms with Crippen molar-refractivity contribution in [3.8, 4) is 5.88 Å². The lowest BCUT2D eigenvalue weighted by Crippen LogP contribution is -2.19. The van der Waals surface area contributed by atoms with Gasteiger partial charge in [-0.2, -0.15) is 13.2 Å². The highest BCUT2D eigenvalue weighted by molar-refractivity contribution is 5.97. The van der Waals surface area contributed by atoms with E-state index in [0.29, 0.717) is 4.57 Å². The molecule has 8 nitrogen and oxygen atoms in total. The van der Waals surface area contributed by atoms with E-state index < -0.39 is 43.3 Å². The second-order valence-corrected chi connectivity index (χ2v) is 4.22. The van der Waals surface area contributed by atoms with Gasteiger partial charge in [0.1, 0.15) is 5.69 Å². The Morgan fingerprint density at radius 1 is 1.58 bits per heavy atom. The SMILES string of the molecule is [2H]C([2H])(N=[N+]=[N-])C([2H])([2H])n1c(C(=O)OC)cc2c(OCC(F)(F)F)nccc21. The maximum absolute atomic E-state index is 12.5. The number of ether oxygens (including phenoxy) is 2. The number of rotatable bonds is 6. The van der Waals surface area contributed by atoms with E-state index in [4.69, 9.17) is 11.0 Å². The molecule has 0 saturated carbocycles. The van der Waals surface area contributed by atoms with Crippen LogP contribution in [0.5, 0.6) is 5.88 Å². The molecule has 0 unspecified atom stereocenters. The van der Waals surface area contributed by atoms with Crippen molar-refractivity contribution >= 4 is 16.9 Å². The Hall–Kier alpha value is -2.94. The van der Waals surface area contributed by atoms with Crippen LogP contribution in [0.4, 0.5) is 13.2 Å². The number of carbonyl (C=O) groups is 1. The standard InChI is InChI=1S/C13H12F3N5O3/c1-23-12(22)10-6-8-9(21(10)5-4-19-20-17)2-3-18-11(8)24-7-13(14,15)16/h2-3,6H,4-5,7H2,1H3/i4D2,5D2. The number of fused-ring (bicyclic) bond motifs is 1. The molecule has 0 atom stereocenters. The maximum Gasteiger partial charge on any atom is 0.422 e. The molecule has 2 aromatic rings. The summed E-state index contributed by atoms with van der Waals surface area (Å²) in [4.78, 5) is 18.0. The molecule has 2 heterocycles. The van der Waals surface area contributed by atoms with Crippen molar-refractivity contribution in [2.24, 2.45) is 5.11 Å². The van der Waals surface area contributed by atoms with Crippen LogP contribution in [0.25, 0.3) is 21.3 Å². The zero-order chi connectivity index (χ0) is 21.3. The molecule has 0 amide bonds. The van der Waals surface area contributed by atoms with Crippen LogP contribution < -0.4 is 4.74 Å². The fourth-order valence-electron chi connectivity index (χ4n) is 1.84. The van der Waals surface area contributed by atoms with Gasteiger partial charge in [0, 0.05) is 29.6 Å². The second-order valence-electron chi connectivity index (χ2n) is 4.22. The predicted molar refractivity (Wildman–Crippen MR) is 76.6 cm³/mol. The molecule has 0 aliphatic carbocycles. The zero-order valence-electron chi connectivity index (χ0n) is 16.0. The van der Waals surface area contributed by atoms with Crippen LogP contribution in [0.1, 0.15) is 16.0 Å². The number of alkyl halides is 3. The summed E-state index contributed by atoms with van der Waals surface area (Å²) in [7, 11) is 0.974. The first-order valence-corrected chi connectivity index (χ1v) is 6.21. The first-order valence-electron chi connectivity index (χ1n) is 8.21. The third-order valence-electron chi connectivity index (χ3n) is 2.72. The molecule has 0 fully saturated rings. The van der Waals surface area contributed by atoms with Gasteiger partial charge in [0.2, 0.25) is 5.88 Å². The molecule has 2 aromatic heterocycles. The molecular formula is C13H12F3N5O3. The summed E-state index contributed by atoms with van der Waals surface area (Å²) < 4.78 is 78.6. The molecule has 2 rings (SSSR count). The summed E-state index contributed by atoms with van der Waals surface area (Å²) in [6.07, 6.45) is -3.68. The third kappa shape index (κ3) is 3.87. The Morgan fingerprint density at radius 3 is 2.96 bits per heavy atom. The Bertz CT molecular complexity index is 957. The van der Waals surface area contributed by atoms with E-state index in [9.17, 15) is 18.0 Å². The van der Waals surface area contributed by atoms with Crippen molar-refractivity contribution in [1.82, 2.24) is 9.55 Å². The molecule has 0 aliphatic heterocycles. The lowest BCUT2D eigenvalue weighted by Gasteiger charge is -2.10. The van der Waals surface area contributed by atoms with Crippen LogP contribution in [-0.4, -0.2) is 41.9 Å². The van der Waals surface area contributed by atoms with Crippen LogP contribution in [0.2, 0.25) is 0 Å². The second kappa shape index (κ2) is 7.09. The normalized spacial score (nSPS) is 14.8. The van der Waals surface area contributed by atoms with E-state index in [0.717, 1.165) is 25.4 Å². The lowest BCUT2D eigenvalue weighted by atomic mass is 10.3. The number of azide groups is 1. The van der Waals surface area contributed by atoms with E-state index in [1.54, 1.807) is 0 Å². The van der Waals surface area contributed by atoms with Crippen LogP contribution in [0.15, 0.2) is 23.4 Å². The maximum atomic E-state index is 12.5. The zero-order valence-corrected chi connectivity index (χ0v) is 12.0. The number of aryl methyl sites for hydroxylation is 1. The minimum absolute atomic E-state index is 0.201. The molecular weight excluding hydrogens is 331 g/mol. The summed E-state index contributed by atoms with van der Waals surface area (Å²) in [5, 5.41) is 2.58. The Balaban J connectivity index is 2.77. The highest BCUT2D eigenvalue weighted by atomic mass is 19.4. The van der Waals surface area contributed by atoms with Gasteiger partial charge in [0.05, 0.1) is 18.0 Å². The number of carbonyl (C=O) groups excluding carboxylic acids is 1. The molecule has 0 bridgehead atoms. The summed E-state index contributed by atoms with van der Waals surface area (Å²) in [6.45, 7) is -8.00. The quantitative estimate of drug-likeness (QED) is 0.347. The highest BCUT2D eigenvalue weighted by Crippen LogP contribution is 2.28. The van der Waals surface area contributed by atoms with Crippen molar-refractivity contribution in [3.63, 3.8) is 0 Å². The first kappa shape index (κ1) is 12.5. The average molecular weight is 347 g/mol. The van der Waals surface area contributed by atoms with Gasteiger partial charge in [-0.15, -0.1) is 0 Å². The van der Waals surface area contributed by atoms with Crippen molar-refractivity contribution in [1.29, 1.82) is 0 Å². The Morgan fingerprint density at radius 2 is 2.33 bits per heavy atom. The summed E-state index contributed by atoms with van der Waals surface area (Å²) in [5.41, 5.74) is 7.73. The first-order chi connectivity index (χ1) is 12.9. The fourth-order valence-corrected chi connectivity index (χ4v) is 1.84. The molecule has 11 heteroatoms. The molecule has 128 valence electrons. The summed E-state index contributed by atoms with van der Waals surface area (Å²) in [6, 6.07) is 2.08. The van der Waals surface area contributed by atoms with Crippen LogP contribution >= 0.6 is 0 Å². The van der Waals surface area contributed by atoms with Crippen LogP contribution in [0.3, 0.4) is 0 Å². The van der Waals surface area contributed by atoms with Gasteiger partial charge in [-0.05, 0) is 17.7 Å². The minimum atomic E-state index is -4.68. The number of hydrogen-bond donors (Lipinski definition) is 0. The van der Waals surface area contributed by atoms with Gasteiger partial charge in [-0.25, -0.2) is 9.78 Å². The predicted octanol–water partition coefficient (Wildman–Crippen LogP) is 3.07. The number of esters is 1. The Labute approximate surface area is 139 Å². The van der Waals surface area contributed by atoms with E-state index >= 15 is 0 Å². The fraction of sp³-hybridized carbons (Fsp3) is 0.385. The summed E-state index contributed by atoms with van der Waals surface area (Å²) >= 11 is 0. The van der Waals surface area contributed by atoms with Gasteiger partial charge in [-0.3, -0.25) is 0 Å². The van der Waals surface area contributed by atoms with Crippen molar-refractivity contribution in [3.05, 3.63) is 34.5 Å². The molecule has 0 saturated heterocycles. The monoisotopic (exact) mass is 347 g/mol. The van der Waals surface area contributed by atoms with Gasteiger partial charge in [0.15, 0.2) is 6.61 Å². The molecule has 0 aromatic carbocycles. The number of methoxy groups -OCH3 is 1. The van der Waals surface area contributed by atoms with Crippen molar-refractivity contribution in [2.75, 3.05) is 20.2 Å². The number of hydrogen-bond acceptors (Lipinski definition) is 5. The number of nitrogens with zero attached hydrogens (tertiary/aromatic N) is 5. The highest BCUT2D eigenvalue weighted by Gasteiger charge is 2.29. The largest absolute Gasteiger partial charge is 0.468 e. The van der Waals surface area contributed by atoms with Gasteiger partial charge < -0.3 is 14.0 Å². The smallest absolute Gasteiger partial charge is 0.422 e. The summed E-state index contributed by atoms with van der Waals surface area (Å²) in [5.74, 6) is -1.67. The van der Waals surface area contributed by atoms with Gasteiger partial charge >= 0.3 is 12.1 Å². The topological polar surface area (TPSA) is 102 Å². The third-order valence-corrected chi connectivity index (χ3v) is 2.72. The van der Waals surface area contributed by atoms with Crippen LogP contribution in [-0.2, 0) is 11.2 Å². The Kier molecular flexibility index (Phi) is 3.69. The van der Waals surface area contributed by atoms with E-state index in [1.807, 2.05) is 0 Å².